The number of hydrogen-bond donors (Lipinski definition) is 1. The van der Waals surface area contributed by atoms with Gasteiger partial charge in [-0.25, -0.2) is 0 Å². The number of nitrogens with zero attached hydrogens (tertiary/aromatic N) is 1. The Balaban J connectivity index is 1.96. The van der Waals surface area contributed by atoms with E-state index in [4.69, 9.17) is 5.11 Å². The van der Waals surface area contributed by atoms with Crippen LogP contribution in [0.15, 0.2) is 30.3 Å². The van der Waals surface area contributed by atoms with Crippen LogP contribution in [0.2, 0.25) is 0 Å². The number of aliphatic hydroxyl groups excluding tert-OH is 1. The van der Waals surface area contributed by atoms with Gasteiger partial charge in [-0.05, 0) is 12.0 Å². The molecule has 1 unspecified atom stereocenters. The van der Waals surface area contributed by atoms with Crippen molar-refractivity contribution >= 4 is 5.91 Å². The summed E-state index contributed by atoms with van der Waals surface area (Å²) in [6.45, 7) is 0.827. The van der Waals surface area contributed by atoms with Crippen LogP contribution in [0.25, 0.3) is 0 Å². The van der Waals surface area contributed by atoms with Crippen molar-refractivity contribution in [2.45, 2.75) is 25.4 Å². The maximum absolute atomic E-state index is 11.4. The van der Waals surface area contributed by atoms with Gasteiger partial charge in [0.05, 0.1) is 0 Å². The second-order valence-corrected chi connectivity index (χ2v) is 3.88. The van der Waals surface area contributed by atoms with E-state index in [0.29, 0.717) is 19.4 Å². The minimum Gasteiger partial charge on any atom is -0.396 e. The maximum Gasteiger partial charge on any atom is 0.225 e. The first-order valence-electron chi connectivity index (χ1n) is 5.25. The van der Waals surface area contributed by atoms with Crippen molar-refractivity contribution < 1.29 is 9.90 Å². The van der Waals surface area contributed by atoms with E-state index < -0.39 is 0 Å². The summed E-state index contributed by atoms with van der Waals surface area (Å²) < 4.78 is 0. The molecule has 0 radical (unpaired) electrons. The molecular weight excluding hydrogens is 190 g/mol. The highest BCUT2D eigenvalue weighted by molar-refractivity contribution is 5.83. The molecule has 1 heterocycles. The normalized spacial score (nSPS) is 20.2. The molecule has 0 aromatic heterocycles. The van der Waals surface area contributed by atoms with Crippen molar-refractivity contribution in [1.29, 1.82) is 0 Å². The summed E-state index contributed by atoms with van der Waals surface area (Å²) in [6.07, 6.45) is 1.28. The number of benzene rings is 1. The molecule has 1 aliphatic heterocycles. The zero-order valence-electron chi connectivity index (χ0n) is 8.60. The lowest BCUT2D eigenvalue weighted by atomic mass is 9.98. The second kappa shape index (κ2) is 4.45. The number of hydrogen-bond acceptors (Lipinski definition) is 2. The first-order chi connectivity index (χ1) is 7.31. The third-order valence-electron chi connectivity index (χ3n) is 2.83. The van der Waals surface area contributed by atoms with Crippen LogP contribution in [0.1, 0.15) is 18.4 Å². The molecule has 1 aromatic carbocycles. The summed E-state index contributed by atoms with van der Waals surface area (Å²) in [4.78, 5) is 13.2. The van der Waals surface area contributed by atoms with Crippen LogP contribution in [-0.2, 0) is 11.3 Å². The fourth-order valence-corrected chi connectivity index (χ4v) is 1.92. The lowest BCUT2D eigenvalue weighted by Gasteiger charge is -2.40. The molecular formula is C12H15NO2. The zero-order valence-corrected chi connectivity index (χ0v) is 8.60. The van der Waals surface area contributed by atoms with Gasteiger partial charge in [0.25, 0.3) is 0 Å². The molecule has 1 N–H and O–H groups in total. The Morgan fingerprint density at radius 3 is 2.67 bits per heavy atom. The van der Waals surface area contributed by atoms with E-state index in [2.05, 4.69) is 0 Å². The molecule has 3 nitrogen and oxygen atoms in total. The molecule has 2 rings (SSSR count). The van der Waals surface area contributed by atoms with Gasteiger partial charge in [-0.2, -0.15) is 0 Å². The Morgan fingerprint density at radius 2 is 2.07 bits per heavy atom. The van der Waals surface area contributed by atoms with Crippen LogP contribution in [0.5, 0.6) is 0 Å². The maximum atomic E-state index is 11.4. The predicted molar refractivity (Wildman–Crippen MR) is 57.1 cm³/mol. The quantitative estimate of drug-likeness (QED) is 0.749. The minimum absolute atomic E-state index is 0.156. The van der Waals surface area contributed by atoms with E-state index in [9.17, 15) is 4.79 Å². The van der Waals surface area contributed by atoms with Gasteiger partial charge in [0, 0.05) is 25.6 Å². The van der Waals surface area contributed by atoms with Crippen LogP contribution in [0.4, 0.5) is 0 Å². The zero-order chi connectivity index (χ0) is 10.7. The summed E-state index contributed by atoms with van der Waals surface area (Å²) in [5.74, 6) is 0.192. The van der Waals surface area contributed by atoms with Gasteiger partial charge in [-0.15, -0.1) is 0 Å². The standard InChI is InChI=1S/C12H15NO2/c14-7-6-11-8-12(15)13(11)9-10-4-2-1-3-5-10/h1-5,11,14H,6-9H2. The molecule has 1 atom stereocenters. The number of carbonyl (C=O) groups excluding carboxylic acids is 1. The lowest BCUT2D eigenvalue weighted by Crippen LogP contribution is -2.52. The van der Waals surface area contributed by atoms with Crippen molar-refractivity contribution in [1.82, 2.24) is 4.90 Å². The van der Waals surface area contributed by atoms with Crippen molar-refractivity contribution in [2.24, 2.45) is 0 Å². The molecule has 1 saturated heterocycles. The first-order valence-corrected chi connectivity index (χ1v) is 5.25. The number of β-lactam (4-membered cyclic amide) rings is 1. The number of carbonyl (C=O) groups is 1. The largest absolute Gasteiger partial charge is 0.396 e. The van der Waals surface area contributed by atoms with Crippen LogP contribution in [0, 0.1) is 0 Å². The molecule has 1 aromatic rings. The fraction of sp³-hybridized carbons (Fsp3) is 0.417. The SMILES string of the molecule is O=C1CC(CCO)N1Cc1ccccc1. The van der Waals surface area contributed by atoms with Crippen molar-refractivity contribution in [3.05, 3.63) is 35.9 Å². The van der Waals surface area contributed by atoms with Crippen molar-refractivity contribution in [3.8, 4) is 0 Å². The number of amides is 1. The van der Waals surface area contributed by atoms with E-state index >= 15 is 0 Å². The monoisotopic (exact) mass is 205 g/mol. The lowest BCUT2D eigenvalue weighted by molar-refractivity contribution is -0.147. The van der Waals surface area contributed by atoms with Gasteiger partial charge >= 0.3 is 0 Å². The Labute approximate surface area is 89.3 Å². The smallest absolute Gasteiger partial charge is 0.225 e. The van der Waals surface area contributed by atoms with Gasteiger partial charge in [0.2, 0.25) is 5.91 Å². The molecule has 0 spiro atoms. The topological polar surface area (TPSA) is 40.5 Å². The van der Waals surface area contributed by atoms with E-state index in [1.807, 2.05) is 35.2 Å². The van der Waals surface area contributed by atoms with Crippen molar-refractivity contribution in [3.63, 3.8) is 0 Å². The summed E-state index contributed by atoms with van der Waals surface area (Å²) in [6, 6.07) is 10.2. The average molecular weight is 205 g/mol. The Kier molecular flexibility index (Phi) is 3.02. The Morgan fingerprint density at radius 1 is 1.33 bits per heavy atom. The van der Waals surface area contributed by atoms with Crippen LogP contribution in [-0.4, -0.2) is 28.6 Å². The molecule has 80 valence electrons. The van der Waals surface area contributed by atoms with Gasteiger partial charge in [0.1, 0.15) is 0 Å². The van der Waals surface area contributed by atoms with Crippen molar-refractivity contribution in [2.75, 3.05) is 6.61 Å². The summed E-state index contributed by atoms with van der Waals surface area (Å²) >= 11 is 0. The minimum atomic E-state index is 0.156. The Hall–Kier alpha value is -1.35. The van der Waals surface area contributed by atoms with Gasteiger partial charge < -0.3 is 10.0 Å². The second-order valence-electron chi connectivity index (χ2n) is 3.88. The molecule has 0 aliphatic carbocycles. The number of rotatable bonds is 4. The molecule has 1 aliphatic rings. The summed E-state index contributed by atoms with van der Waals surface area (Å²) in [5, 5.41) is 8.83. The first kappa shape index (κ1) is 10.2. The van der Waals surface area contributed by atoms with Crippen LogP contribution >= 0.6 is 0 Å². The fourth-order valence-electron chi connectivity index (χ4n) is 1.92. The Bertz CT molecular complexity index is 337. The van der Waals surface area contributed by atoms with Crippen LogP contribution in [0.3, 0.4) is 0 Å². The highest BCUT2D eigenvalue weighted by Crippen LogP contribution is 2.24. The third kappa shape index (κ3) is 2.18. The average Bonchev–Trinajstić information content (AvgIpc) is 2.27. The molecule has 1 fully saturated rings. The van der Waals surface area contributed by atoms with Crippen LogP contribution < -0.4 is 0 Å². The molecule has 3 heteroatoms. The molecule has 15 heavy (non-hydrogen) atoms. The molecule has 1 amide bonds. The molecule has 0 bridgehead atoms. The van der Waals surface area contributed by atoms with E-state index in [1.54, 1.807) is 0 Å². The van der Waals surface area contributed by atoms with E-state index in [0.717, 1.165) is 5.56 Å². The number of likely N-dealkylation sites (tertiary alicyclic amines) is 1. The highest BCUT2D eigenvalue weighted by Gasteiger charge is 2.34. The van der Waals surface area contributed by atoms with Gasteiger partial charge in [-0.1, -0.05) is 30.3 Å². The summed E-state index contributed by atoms with van der Waals surface area (Å²) in [5.41, 5.74) is 1.15. The van der Waals surface area contributed by atoms with Gasteiger partial charge in [-0.3, -0.25) is 4.79 Å². The van der Waals surface area contributed by atoms with Gasteiger partial charge in [0.15, 0.2) is 0 Å². The summed E-state index contributed by atoms with van der Waals surface area (Å²) in [7, 11) is 0. The predicted octanol–water partition coefficient (Wildman–Crippen LogP) is 1.17. The highest BCUT2D eigenvalue weighted by atomic mass is 16.3. The third-order valence-corrected chi connectivity index (χ3v) is 2.83. The van der Waals surface area contributed by atoms with E-state index in [1.165, 1.54) is 0 Å². The number of aliphatic hydroxyl groups is 1. The van der Waals surface area contributed by atoms with E-state index in [-0.39, 0.29) is 18.6 Å². The molecule has 0 saturated carbocycles.